The molecule has 2 heterocycles. The van der Waals surface area contributed by atoms with Crippen molar-refractivity contribution in [3.63, 3.8) is 0 Å². The Morgan fingerprint density at radius 3 is 2.35 bits per heavy atom. The molecule has 0 atom stereocenters. The average molecular weight is 358 g/mol. The number of benzene rings is 3. The van der Waals surface area contributed by atoms with Crippen molar-refractivity contribution in [2.75, 3.05) is 6.79 Å². The van der Waals surface area contributed by atoms with Gasteiger partial charge in [0.2, 0.25) is 12.2 Å². The summed E-state index contributed by atoms with van der Waals surface area (Å²) in [4.78, 5) is 13.0. The molecule has 4 aromatic rings. The lowest BCUT2D eigenvalue weighted by Crippen LogP contribution is -2.08. The van der Waals surface area contributed by atoms with E-state index in [1.165, 1.54) is 6.07 Å². The Hall–Kier alpha value is -3.22. The Morgan fingerprint density at radius 1 is 0.846 bits per heavy atom. The molecule has 0 radical (unpaired) electrons. The molecule has 1 aromatic heterocycles. The summed E-state index contributed by atoms with van der Waals surface area (Å²) in [5.41, 5.74) is -1.00. The van der Waals surface area contributed by atoms with Crippen molar-refractivity contribution < 1.29 is 27.1 Å². The molecule has 0 N–H and O–H groups in total. The molecule has 0 unspecified atom stereocenters. The molecule has 0 fully saturated rings. The minimum absolute atomic E-state index is 0.0794. The predicted molar refractivity (Wildman–Crippen MR) is 88.6 cm³/mol. The number of fused-ring (bicyclic) bond motifs is 5. The molecule has 0 spiro atoms. The molecule has 0 saturated carbocycles. The molecular weight excluding hydrogens is 349 g/mol. The molecule has 0 bridgehead atoms. The molecule has 0 saturated heterocycles. The molecule has 130 valence electrons. The van der Waals surface area contributed by atoms with Gasteiger partial charge >= 0.3 is 6.18 Å². The van der Waals surface area contributed by atoms with Crippen molar-refractivity contribution in [2.24, 2.45) is 0 Å². The molecule has 26 heavy (non-hydrogen) atoms. The van der Waals surface area contributed by atoms with Crippen molar-refractivity contribution in [2.45, 2.75) is 6.18 Å². The number of rotatable bonds is 0. The monoisotopic (exact) mass is 358 g/mol. The van der Waals surface area contributed by atoms with Crippen LogP contribution in [0.15, 0.2) is 51.7 Å². The van der Waals surface area contributed by atoms with E-state index in [0.29, 0.717) is 27.9 Å². The Kier molecular flexibility index (Phi) is 2.84. The Morgan fingerprint density at radius 2 is 1.58 bits per heavy atom. The topological polar surface area (TPSA) is 48.7 Å². The van der Waals surface area contributed by atoms with Crippen LogP contribution in [0.5, 0.6) is 11.5 Å². The second kappa shape index (κ2) is 4.91. The Labute approximate surface area is 143 Å². The van der Waals surface area contributed by atoms with Crippen molar-refractivity contribution in [3.05, 3.63) is 58.3 Å². The molecule has 1 aliphatic rings. The molecule has 7 heteroatoms. The van der Waals surface area contributed by atoms with Crippen LogP contribution in [0.4, 0.5) is 13.2 Å². The van der Waals surface area contributed by atoms with Gasteiger partial charge in [-0.25, -0.2) is 0 Å². The van der Waals surface area contributed by atoms with Gasteiger partial charge in [0.05, 0.1) is 16.3 Å². The van der Waals surface area contributed by atoms with Crippen LogP contribution in [-0.4, -0.2) is 6.79 Å². The van der Waals surface area contributed by atoms with Gasteiger partial charge in [0.25, 0.3) is 0 Å². The first kappa shape index (κ1) is 15.1. The molecular formula is C19H9F3O4. The Balaban J connectivity index is 1.92. The minimum Gasteiger partial charge on any atom is -0.456 e. The van der Waals surface area contributed by atoms with E-state index in [1.807, 2.05) is 0 Å². The smallest absolute Gasteiger partial charge is 0.416 e. The summed E-state index contributed by atoms with van der Waals surface area (Å²) in [6, 6.07) is 9.66. The first-order valence-corrected chi connectivity index (χ1v) is 7.72. The predicted octanol–water partition coefficient (Wildman–Crippen LogP) is 4.85. The van der Waals surface area contributed by atoms with E-state index in [4.69, 9.17) is 13.9 Å². The van der Waals surface area contributed by atoms with Gasteiger partial charge in [0.15, 0.2) is 11.5 Å². The van der Waals surface area contributed by atoms with Gasteiger partial charge in [0, 0.05) is 5.39 Å². The standard InChI is InChI=1S/C19H9F3O4/c20-19(21,22)10-2-4-13-12(6-10)18(23)17-11-7-16-15(24-8-25-16)5-9(11)1-3-14(17)26-13/h1-7H,8H2. The van der Waals surface area contributed by atoms with Crippen molar-refractivity contribution in [3.8, 4) is 11.5 Å². The van der Waals surface area contributed by atoms with Crippen molar-refractivity contribution >= 4 is 32.7 Å². The molecule has 3 aromatic carbocycles. The highest BCUT2D eigenvalue weighted by molar-refractivity contribution is 6.09. The van der Waals surface area contributed by atoms with E-state index in [9.17, 15) is 18.0 Å². The summed E-state index contributed by atoms with van der Waals surface area (Å²) < 4.78 is 55.4. The van der Waals surface area contributed by atoms with Crippen LogP contribution in [0, 0.1) is 0 Å². The first-order valence-electron chi connectivity index (χ1n) is 7.72. The van der Waals surface area contributed by atoms with Crippen LogP contribution in [0.25, 0.3) is 32.7 Å². The third-order valence-electron chi connectivity index (χ3n) is 4.47. The molecule has 5 rings (SSSR count). The summed E-state index contributed by atoms with van der Waals surface area (Å²) in [6.07, 6.45) is -4.54. The van der Waals surface area contributed by atoms with Crippen LogP contribution in [0.2, 0.25) is 0 Å². The van der Waals surface area contributed by atoms with E-state index in [1.54, 1.807) is 24.3 Å². The second-order valence-electron chi connectivity index (χ2n) is 6.01. The third kappa shape index (κ3) is 2.06. The fraction of sp³-hybridized carbons (Fsp3) is 0.105. The van der Waals surface area contributed by atoms with Crippen LogP contribution in [0.1, 0.15) is 5.56 Å². The summed E-state index contributed by atoms with van der Waals surface area (Å²) in [5.74, 6) is 1.04. The fourth-order valence-corrected chi connectivity index (χ4v) is 3.24. The van der Waals surface area contributed by atoms with Crippen LogP contribution >= 0.6 is 0 Å². The van der Waals surface area contributed by atoms with E-state index < -0.39 is 17.2 Å². The van der Waals surface area contributed by atoms with Gasteiger partial charge in [-0.3, -0.25) is 4.79 Å². The van der Waals surface area contributed by atoms with Crippen molar-refractivity contribution in [1.29, 1.82) is 0 Å². The zero-order valence-corrected chi connectivity index (χ0v) is 13.0. The van der Waals surface area contributed by atoms with E-state index in [0.717, 1.165) is 12.1 Å². The van der Waals surface area contributed by atoms with E-state index >= 15 is 0 Å². The maximum Gasteiger partial charge on any atom is 0.416 e. The average Bonchev–Trinajstić information content (AvgIpc) is 3.06. The fourth-order valence-electron chi connectivity index (χ4n) is 3.24. The van der Waals surface area contributed by atoms with Crippen LogP contribution in [0.3, 0.4) is 0 Å². The maximum absolute atomic E-state index is 13.0. The molecule has 1 aliphatic heterocycles. The molecule has 4 nitrogen and oxygen atoms in total. The number of ether oxygens (including phenoxy) is 2. The van der Waals surface area contributed by atoms with Gasteiger partial charge in [-0.2, -0.15) is 13.2 Å². The summed E-state index contributed by atoms with van der Waals surface area (Å²) >= 11 is 0. The lowest BCUT2D eigenvalue weighted by molar-refractivity contribution is -0.137. The van der Waals surface area contributed by atoms with E-state index in [-0.39, 0.29) is 23.1 Å². The largest absolute Gasteiger partial charge is 0.456 e. The minimum atomic E-state index is -4.54. The maximum atomic E-state index is 13.0. The van der Waals surface area contributed by atoms with Gasteiger partial charge in [-0.1, -0.05) is 6.07 Å². The van der Waals surface area contributed by atoms with Crippen LogP contribution < -0.4 is 14.9 Å². The lowest BCUT2D eigenvalue weighted by atomic mass is 10.0. The van der Waals surface area contributed by atoms with Gasteiger partial charge in [0.1, 0.15) is 11.2 Å². The van der Waals surface area contributed by atoms with Gasteiger partial charge < -0.3 is 13.9 Å². The molecule has 0 aliphatic carbocycles. The summed E-state index contributed by atoms with van der Waals surface area (Å²) in [6.45, 7) is 0.0794. The number of alkyl halides is 3. The van der Waals surface area contributed by atoms with Gasteiger partial charge in [-0.05, 0) is 41.8 Å². The van der Waals surface area contributed by atoms with Gasteiger partial charge in [-0.15, -0.1) is 0 Å². The number of hydrogen-bond donors (Lipinski definition) is 0. The normalized spacial score (nSPS) is 13.8. The van der Waals surface area contributed by atoms with Crippen LogP contribution in [-0.2, 0) is 6.18 Å². The lowest BCUT2D eigenvalue weighted by Gasteiger charge is -2.09. The number of hydrogen-bond acceptors (Lipinski definition) is 4. The SMILES string of the molecule is O=c1c2cc(C(F)(F)F)ccc2oc2ccc3cc4c(cc3c12)OCO4. The highest BCUT2D eigenvalue weighted by atomic mass is 19.4. The summed E-state index contributed by atoms with van der Waals surface area (Å²) in [7, 11) is 0. The zero-order valence-electron chi connectivity index (χ0n) is 13.0. The zero-order chi connectivity index (χ0) is 18.1. The summed E-state index contributed by atoms with van der Waals surface area (Å²) in [5, 5.41) is 1.35. The van der Waals surface area contributed by atoms with E-state index in [2.05, 4.69) is 0 Å². The van der Waals surface area contributed by atoms with Crippen molar-refractivity contribution in [1.82, 2.24) is 0 Å². The Bertz CT molecular complexity index is 1270. The highest BCUT2D eigenvalue weighted by Crippen LogP contribution is 2.38. The third-order valence-corrected chi connectivity index (χ3v) is 4.47. The highest BCUT2D eigenvalue weighted by Gasteiger charge is 2.31. The molecule has 0 amide bonds. The quantitative estimate of drug-likeness (QED) is 0.333. The number of halogens is 3. The first-order chi connectivity index (χ1) is 12.4. The second-order valence-corrected chi connectivity index (χ2v) is 6.01.